The van der Waals surface area contributed by atoms with Gasteiger partial charge in [0.15, 0.2) is 0 Å². The maximum Gasteiger partial charge on any atom is 0.287 e. The highest BCUT2D eigenvalue weighted by atomic mass is 16.6. The van der Waals surface area contributed by atoms with Gasteiger partial charge in [-0.3, -0.25) is 10.1 Å². The average molecular weight is 267 g/mol. The second-order valence-corrected chi connectivity index (χ2v) is 4.52. The van der Waals surface area contributed by atoms with Crippen LogP contribution in [0.25, 0.3) is 0 Å². The summed E-state index contributed by atoms with van der Waals surface area (Å²) in [5.74, 6) is 0. The molecule has 0 aliphatic rings. The molecule has 0 bridgehead atoms. The quantitative estimate of drug-likeness (QED) is 0.677. The lowest BCUT2D eigenvalue weighted by atomic mass is 10.1. The van der Waals surface area contributed by atoms with Gasteiger partial charge < -0.3 is 5.32 Å². The summed E-state index contributed by atoms with van der Waals surface area (Å²) in [4.78, 5) is 10.2. The summed E-state index contributed by atoms with van der Waals surface area (Å²) < 4.78 is 0. The van der Waals surface area contributed by atoms with Crippen LogP contribution in [0.1, 0.15) is 16.7 Å². The fraction of sp³-hybridized carbons (Fsp3) is 0.133. The molecule has 0 saturated heterocycles. The molecule has 2 rings (SSSR count). The minimum atomic E-state index is -0.557. The molecule has 0 fully saturated rings. The minimum Gasteiger partial charge on any atom is -0.355 e. The van der Waals surface area contributed by atoms with Gasteiger partial charge in [0, 0.05) is 17.4 Å². The molecule has 5 nitrogen and oxygen atoms in total. The number of nitrogens with one attached hydrogen (secondary N) is 1. The average Bonchev–Trinajstić information content (AvgIpc) is 2.42. The number of anilines is 2. The van der Waals surface area contributed by atoms with Crippen molar-refractivity contribution in [2.45, 2.75) is 13.8 Å². The molecule has 2 aromatic rings. The molecule has 0 amide bonds. The van der Waals surface area contributed by atoms with Crippen LogP contribution < -0.4 is 5.32 Å². The van der Waals surface area contributed by atoms with E-state index in [1.165, 1.54) is 17.7 Å². The topological polar surface area (TPSA) is 79.0 Å². The van der Waals surface area contributed by atoms with E-state index in [1.807, 2.05) is 38.1 Å². The van der Waals surface area contributed by atoms with Crippen LogP contribution in [0.4, 0.5) is 17.1 Å². The number of nitro benzene ring substituents is 1. The number of nitrogens with zero attached hydrogens (tertiary/aromatic N) is 2. The SMILES string of the molecule is Cc1ccc(Nc2ccc([N+](=O)[O-])c(C#N)c2)cc1C. The summed E-state index contributed by atoms with van der Waals surface area (Å²) in [5.41, 5.74) is 3.73. The molecule has 0 spiro atoms. The zero-order chi connectivity index (χ0) is 14.7. The first-order valence-corrected chi connectivity index (χ1v) is 6.04. The monoisotopic (exact) mass is 267 g/mol. The van der Waals surface area contributed by atoms with Crippen molar-refractivity contribution in [3.05, 3.63) is 63.2 Å². The van der Waals surface area contributed by atoms with Crippen molar-refractivity contribution in [2.24, 2.45) is 0 Å². The summed E-state index contributed by atoms with van der Waals surface area (Å²) in [7, 11) is 0. The minimum absolute atomic E-state index is 0.0452. The molecule has 0 saturated carbocycles. The Morgan fingerprint density at radius 3 is 2.35 bits per heavy atom. The first-order chi connectivity index (χ1) is 9.51. The Balaban J connectivity index is 2.32. The summed E-state index contributed by atoms with van der Waals surface area (Å²) >= 11 is 0. The molecule has 1 N–H and O–H groups in total. The van der Waals surface area contributed by atoms with Crippen LogP contribution in [0, 0.1) is 35.3 Å². The van der Waals surface area contributed by atoms with Crippen molar-refractivity contribution >= 4 is 17.1 Å². The van der Waals surface area contributed by atoms with Crippen LogP contribution in [-0.2, 0) is 0 Å². The van der Waals surface area contributed by atoms with Crippen LogP contribution in [-0.4, -0.2) is 4.92 Å². The number of hydrogen-bond donors (Lipinski definition) is 1. The van der Waals surface area contributed by atoms with Gasteiger partial charge in [0.2, 0.25) is 0 Å². The molecule has 20 heavy (non-hydrogen) atoms. The number of nitro groups is 1. The number of benzene rings is 2. The van der Waals surface area contributed by atoms with E-state index in [9.17, 15) is 10.1 Å². The van der Waals surface area contributed by atoms with Crippen molar-refractivity contribution in [1.82, 2.24) is 0 Å². The third kappa shape index (κ3) is 2.75. The van der Waals surface area contributed by atoms with Crippen LogP contribution >= 0.6 is 0 Å². The van der Waals surface area contributed by atoms with Gasteiger partial charge in [-0.25, -0.2) is 0 Å². The smallest absolute Gasteiger partial charge is 0.287 e. The van der Waals surface area contributed by atoms with Crippen molar-refractivity contribution < 1.29 is 4.92 Å². The van der Waals surface area contributed by atoms with Crippen molar-refractivity contribution in [3.63, 3.8) is 0 Å². The van der Waals surface area contributed by atoms with Gasteiger partial charge in [0.05, 0.1) is 4.92 Å². The first-order valence-electron chi connectivity index (χ1n) is 6.04. The van der Waals surface area contributed by atoms with Gasteiger partial charge in [-0.2, -0.15) is 5.26 Å². The number of nitriles is 1. The molecule has 0 unspecified atom stereocenters. The summed E-state index contributed by atoms with van der Waals surface area (Å²) in [6.45, 7) is 4.04. The molecular weight excluding hydrogens is 254 g/mol. The highest BCUT2D eigenvalue weighted by Crippen LogP contribution is 2.25. The van der Waals surface area contributed by atoms with Crippen LogP contribution in [0.2, 0.25) is 0 Å². The molecule has 0 aliphatic heterocycles. The van der Waals surface area contributed by atoms with Crippen molar-refractivity contribution in [3.8, 4) is 6.07 Å². The van der Waals surface area contributed by atoms with Gasteiger partial charge in [-0.1, -0.05) is 6.07 Å². The largest absolute Gasteiger partial charge is 0.355 e. The van der Waals surface area contributed by atoms with E-state index in [0.29, 0.717) is 5.69 Å². The van der Waals surface area contributed by atoms with Gasteiger partial charge in [0.1, 0.15) is 11.6 Å². The highest BCUT2D eigenvalue weighted by molar-refractivity contribution is 5.65. The predicted octanol–water partition coefficient (Wildman–Crippen LogP) is 3.83. The maximum absolute atomic E-state index is 10.8. The first kappa shape index (κ1) is 13.6. The number of hydrogen-bond acceptors (Lipinski definition) is 4. The van der Waals surface area contributed by atoms with Gasteiger partial charge in [0.25, 0.3) is 5.69 Å². The van der Waals surface area contributed by atoms with Crippen LogP contribution in [0.15, 0.2) is 36.4 Å². The van der Waals surface area contributed by atoms with Crippen molar-refractivity contribution in [1.29, 1.82) is 5.26 Å². The second-order valence-electron chi connectivity index (χ2n) is 4.52. The van der Waals surface area contributed by atoms with E-state index < -0.39 is 4.92 Å². The van der Waals surface area contributed by atoms with Gasteiger partial charge >= 0.3 is 0 Å². The van der Waals surface area contributed by atoms with E-state index >= 15 is 0 Å². The Morgan fingerprint density at radius 1 is 1.10 bits per heavy atom. The van der Waals surface area contributed by atoms with Crippen LogP contribution in [0.3, 0.4) is 0 Å². The zero-order valence-electron chi connectivity index (χ0n) is 11.2. The van der Waals surface area contributed by atoms with E-state index in [4.69, 9.17) is 5.26 Å². The lowest BCUT2D eigenvalue weighted by Gasteiger charge is -2.09. The summed E-state index contributed by atoms with van der Waals surface area (Å²) in [6.07, 6.45) is 0. The lowest BCUT2D eigenvalue weighted by molar-refractivity contribution is -0.385. The molecule has 0 heterocycles. The van der Waals surface area contributed by atoms with Gasteiger partial charge in [-0.15, -0.1) is 0 Å². The second kappa shape index (κ2) is 5.41. The Labute approximate surface area is 116 Å². The Morgan fingerprint density at radius 2 is 1.75 bits per heavy atom. The standard InChI is InChI=1S/C15H13N3O2/c1-10-3-4-13(7-11(10)2)17-14-5-6-15(18(19)20)12(8-14)9-16/h3-8,17H,1-2H3. The van der Waals surface area contributed by atoms with Gasteiger partial charge in [-0.05, 0) is 49.2 Å². The van der Waals surface area contributed by atoms with Crippen LogP contribution in [0.5, 0.6) is 0 Å². The Bertz CT molecular complexity index is 718. The Kier molecular flexibility index (Phi) is 3.67. The van der Waals surface area contributed by atoms with E-state index in [1.54, 1.807) is 6.07 Å². The normalized spacial score (nSPS) is 9.85. The fourth-order valence-corrected chi connectivity index (χ4v) is 1.85. The number of aryl methyl sites for hydroxylation is 2. The third-order valence-corrected chi connectivity index (χ3v) is 3.11. The molecule has 5 heteroatoms. The molecule has 0 aliphatic carbocycles. The highest BCUT2D eigenvalue weighted by Gasteiger charge is 2.13. The fourth-order valence-electron chi connectivity index (χ4n) is 1.85. The van der Waals surface area contributed by atoms with Crippen molar-refractivity contribution in [2.75, 3.05) is 5.32 Å². The Hall–Kier alpha value is -2.87. The molecule has 0 radical (unpaired) electrons. The molecule has 0 atom stereocenters. The lowest BCUT2D eigenvalue weighted by Crippen LogP contribution is -1.96. The van der Waals surface area contributed by atoms with E-state index in [-0.39, 0.29) is 11.3 Å². The third-order valence-electron chi connectivity index (χ3n) is 3.11. The molecule has 0 aromatic heterocycles. The molecule has 2 aromatic carbocycles. The maximum atomic E-state index is 10.8. The molecule has 100 valence electrons. The zero-order valence-corrected chi connectivity index (χ0v) is 11.2. The molecular formula is C15H13N3O2. The predicted molar refractivity (Wildman–Crippen MR) is 77.0 cm³/mol. The van der Waals surface area contributed by atoms with E-state index in [0.717, 1.165) is 11.3 Å². The summed E-state index contributed by atoms with van der Waals surface area (Å²) in [6, 6.07) is 12.2. The summed E-state index contributed by atoms with van der Waals surface area (Å²) in [5, 5.41) is 22.9. The van der Waals surface area contributed by atoms with E-state index in [2.05, 4.69) is 5.32 Å². The number of rotatable bonds is 3.